The Balaban J connectivity index is 1.53. The molecule has 0 bridgehead atoms. The van der Waals surface area contributed by atoms with E-state index in [1.165, 1.54) is 17.2 Å². The average Bonchev–Trinajstić information content (AvgIpc) is 3.24. The van der Waals surface area contributed by atoms with E-state index in [2.05, 4.69) is 20.1 Å². The van der Waals surface area contributed by atoms with Crippen molar-refractivity contribution in [1.82, 2.24) is 29.2 Å². The normalized spacial score (nSPS) is 12.6. The molecule has 9 nitrogen and oxygen atoms in total. The zero-order valence-corrected chi connectivity index (χ0v) is 16.1. The minimum Gasteiger partial charge on any atom is -0.388 e. The predicted octanol–water partition coefficient (Wildman–Crippen LogP) is 2.14. The molecule has 0 aliphatic heterocycles. The standard InChI is InChI=1S/C17H14Cl2N6O3/c1-24-7-20-16-15(24)17(27)25(8-21-16)6-14-22-13(23-28-14)5-12(26)10-3-2-9(18)4-11(10)19/h2-4,7-8,12,26H,5-6H2,1H3. The van der Waals surface area contributed by atoms with E-state index in [1.807, 2.05) is 0 Å². The summed E-state index contributed by atoms with van der Waals surface area (Å²) in [5.74, 6) is 0.506. The highest BCUT2D eigenvalue weighted by Crippen LogP contribution is 2.27. The number of hydrogen-bond acceptors (Lipinski definition) is 7. The molecule has 0 radical (unpaired) electrons. The van der Waals surface area contributed by atoms with E-state index in [0.29, 0.717) is 26.8 Å². The average molecular weight is 421 g/mol. The summed E-state index contributed by atoms with van der Waals surface area (Å²) < 4.78 is 8.16. The second kappa shape index (κ2) is 7.34. The van der Waals surface area contributed by atoms with Crippen molar-refractivity contribution in [2.45, 2.75) is 19.1 Å². The van der Waals surface area contributed by atoms with Crippen LogP contribution in [0.15, 0.2) is 40.2 Å². The van der Waals surface area contributed by atoms with Crippen LogP contribution in [0, 0.1) is 0 Å². The summed E-state index contributed by atoms with van der Waals surface area (Å²) >= 11 is 12.0. The molecule has 28 heavy (non-hydrogen) atoms. The molecule has 1 N–H and O–H groups in total. The van der Waals surface area contributed by atoms with Gasteiger partial charge in [0.15, 0.2) is 17.0 Å². The molecule has 0 fully saturated rings. The summed E-state index contributed by atoms with van der Waals surface area (Å²) in [5.41, 5.74) is 1.00. The summed E-state index contributed by atoms with van der Waals surface area (Å²) in [6.07, 6.45) is 2.07. The number of aryl methyl sites for hydroxylation is 1. The fourth-order valence-electron chi connectivity index (χ4n) is 2.82. The number of halogens is 2. The molecule has 0 amide bonds. The lowest BCUT2D eigenvalue weighted by molar-refractivity contribution is 0.174. The largest absolute Gasteiger partial charge is 0.388 e. The lowest BCUT2D eigenvalue weighted by Crippen LogP contribution is -2.22. The zero-order chi connectivity index (χ0) is 19.8. The van der Waals surface area contributed by atoms with Crippen LogP contribution in [0.2, 0.25) is 10.0 Å². The van der Waals surface area contributed by atoms with Crippen molar-refractivity contribution in [3.63, 3.8) is 0 Å². The molecule has 3 heterocycles. The van der Waals surface area contributed by atoms with Crippen molar-refractivity contribution in [2.24, 2.45) is 7.05 Å². The van der Waals surface area contributed by atoms with Gasteiger partial charge in [-0.25, -0.2) is 9.97 Å². The second-order valence-electron chi connectivity index (χ2n) is 6.20. The number of rotatable bonds is 5. The van der Waals surface area contributed by atoms with Gasteiger partial charge in [0.05, 0.1) is 12.4 Å². The molecule has 4 aromatic rings. The topological polar surface area (TPSA) is 112 Å². The molecule has 3 aromatic heterocycles. The number of benzene rings is 1. The lowest BCUT2D eigenvalue weighted by Gasteiger charge is -2.10. The SMILES string of the molecule is Cn1cnc2ncn(Cc3nc(CC(O)c4ccc(Cl)cc4Cl)no3)c(=O)c21. The Hall–Kier alpha value is -2.75. The Kier molecular flexibility index (Phi) is 4.88. The van der Waals surface area contributed by atoms with Crippen LogP contribution in [0.1, 0.15) is 23.4 Å². The Bertz CT molecular complexity index is 1220. The number of aromatic nitrogens is 6. The molecule has 0 saturated heterocycles. The Morgan fingerprint density at radius 2 is 2.04 bits per heavy atom. The lowest BCUT2D eigenvalue weighted by atomic mass is 10.1. The third-order valence-electron chi connectivity index (χ3n) is 4.21. The second-order valence-corrected chi connectivity index (χ2v) is 7.04. The van der Waals surface area contributed by atoms with Crippen molar-refractivity contribution < 1.29 is 9.63 Å². The minimum absolute atomic E-state index is 0.0533. The summed E-state index contributed by atoms with van der Waals surface area (Å²) in [4.78, 5) is 25.0. The first-order valence-electron chi connectivity index (χ1n) is 8.23. The van der Waals surface area contributed by atoms with Crippen LogP contribution in [0.4, 0.5) is 0 Å². The molecule has 0 saturated carbocycles. The van der Waals surface area contributed by atoms with Gasteiger partial charge in [-0.3, -0.25) is 9.36 Å². The fraction of sp³-hybridized carbons (Fsp3) is 0.235. The van der Waals surface area contributed by atoms with Gasteiger partial charge in [0.25, 0.3) is 5.56 Å². The first-order chi connectivity index (χ1) is 13.4. The minimum atomic E-state index is -0.926. The van der Waals surface area contributed by atoms with Crippen molar-refractivity contribution >= 4 is 34.4 Å². The van der Waals surface area contributed by atoms with Crippen molar-refractivity contribution in [3.05, 3.63) is 68.5 Å². The van der Waals surface area contributed by atoms with Gasteiger partial charge >= 0.3 is 0 Å². The number of nitrogens with zero attached hydrogens (tertiary/aromatic N) is 6. The quantitative estimate of drug-likeness (QED) is 0.526. The van der Waals surface area contributed by atoms with Crippen molar-refractivity contribution in [2.75, 3.05) is 0 Å². The first kappa shape index (κ1) is 18.6. The van der Waals surface area contributed by atoms with Gasteiger partial charge in [-0.1, -0.05) is 34.4 Å². The maximum atomic E-state index is 12.6. The molecule has 0 spiro atoms. The molecule has 1 unspecified atom stereocenters. The zero-order valence-electron chi connectivity index (χ0n) is 14.6. The number of aliphatic hydroxyl groups is 1. The van der Waals surface area contributed by atoms with Crippen LogP contribution in [0.25, 0.3) is 11.2 Å². The van der Waals surface area contributed by atoms with Crippen LogP contribution >= 0.6 is 23.2 Å². The number of hydrogen-bond donors (Lipinski definition) is 1. The van der Waals surface area contributed by atoms with E-state index in [0.717, 1.165) is 0 Å². The number of aliphatic hydroxyl groups excluding tert-OH is 1. The maximum absolute atomic E-state index is 12.6. The van der Waals surface area contributed by atoms with Crippen molar-refractivity contribution in [3.8, 4) is 0 Å². The van der Waals surface area contributed by atoms with E-state index >= 15 is 0 Å². The predicted molar refractivity (Wildman–Crippen MR) is 101 cm³/mol. The molecule has 144 valence electrons. The Labute approximate surface area is 168 Å². The Morgan fingerprint density at radius 1 is 1.25 bits per heavy atom. The molecule has 11 heteroatoms. The molecule has 0 aliphatic rings. The van der Waals surface area contributed by atoms with Gasteiger partial charge in [0, 0.05) is 23.5 Å². The maximum Gasteiger partial charge on any atom is 0.280 e. The van der Waals surface area contributed by atoms with Gasteiger partial charge in [-0.05, 0) is 17.7 Å². The summed E-state index contributed by atoms with van der Waals surface area (Å²) in [6.45, 7) is 0.0533. The van der Waals surface area contributed by atoms with Gasteiger partial charge in [-0.15, -0.1) is 0 Å². The summed E-state index contributed by atoms with van der Waals surface area (Å²) in [6, 6.07) is 4.84. The van der Waals surface area contributed by atoms with Gasteiger partial charge in [-0.2, -0.15) is 4.98 Å². The van der Waals surface area contributed by atoms with Crippen LogP contribution in [0.3, 0.4) is 0 Å². The Morgan fingerprint density at radius 3 is 2.82 bits per heavy atom. The van der Waals surface area contributed by atoms with Gasteiger partial charge < -0.3 is 14.2 Å². The molecular weight excluding hydrogens is 407 g/mol. The van der Waals surface area contributed by atoms with E-state index in [9.17, 15) is 9.90 Å². The van der Waals surface area contributed by atoms with Crippen LogP contribution in [0.5, 0.6) is 0 Å². The monoisotopic (exact) mass is 420 g/mol. The highest BCUT2D eigenvalue weighted by Gasteiger charge is 2.17. The van der Waals surface area contributed by atoms with Gasteiger partial charge in [0.2, 0.25) is 5.89 Å². The highest BCUT2D eigenvalue weighted by atomic mass is 35.5. The molecule has 1 aromatic carbocycles. The first-order valence-corrected chi connectivity index (χ1v) is 8.99. The smallest absolute Gasteiger partial charge is 0.280 e. The molecule has 4 rings (SSSR count). The van der Waals surface area contributed by atoms with Gasteiger partial charge in [0.1, 0.15) is 12.9 Å². The van der Waals surface area contributed by atoms with Crippen molar-refractivity contribution in [1.29, 1.82) is 0 Å². The number of fused-ring (bicyclic) bond motifs is 1. The van der Waals surface area contributed by atoms with E-state index in [-0.39, 0.29) is 30.2 Å². The summed E-state index contributed by atoms with van der Waals surface area (Å²) in [5, 5.41) is 15.1. The van der Waals surface area contributed by atoms with Crippen LogP contribution < -0.4 is 5.56 Å². The van der Waals surface area contributed by atoms with E-state index < -0.39 is 6.10 Å². The van der Waals surface area contributed by atoms with Crippen LogP contribution in [-0.2, 0) is 20.0 Å². The molecule has 1 atom stereocenters. The van der Waals surface area contributed by atoms with E-state index in [4.69, 9.17) is 27.7 Å². The number of imidazole rings is 1. The summed E-state index contributed by atoms with van der Waals surface area (Å²) in [7, 11) is 1.72. The van der Waals surface area contributed by atoms with Crippen LogP contribution in [-0.4, -0.2) is 34.3 Å². The fourth-order valence-corrected chi connectivity index (χ4v) is 3.36. The molecule has 0 aliphatic carbocycles. The third-order valence-corrected chi connectivity index (χ3v) is 4.78. The highest BCUT2D eigenvalue weighted by molar-refractivity contribution is 6.35. The van der Waals surface area contributed by atoms with E-state index in [1.54, 1.807) is 29.8 Å². The third kappa shape index (κ3) is 3.51. The molecular formula is C17H14Cl2N6O3.